The molecule has 22 heavy (non-hydrogen) atoms. The molecule has 0 aromatic heterocycles. The van der Waals surface area contributed by atoms with Crippen LogP contribution >= 0.6 is 39.0 Å². The van der Waals surface area contributed by atoms with E-state index in [0.29, 0.717) is 0 Å². The Morgan fingerprint density at radius 2 is 1.00 bits per heavy atom. The lowest BCUT2D eigenvalue weighted by Crippen LogP contribution is -2.26. The first-order valence-electron chi connectivity index (χ1n) is 6.80. The van der Waals surface area contributed by atoms with Gasteiger partial charge >= 0.3 is 0 Å². The first-order valence-corrected chi connectivity index (χ1v) is 10.1. The Morgan fingerprint density at radius 3 is 1.45 bits per heavy atom. The average molecular weight is 436 g/mol. The molecule has 0 N–H and O–H groups in total. The number of hydrogen-bond donors (Lipinski definition) is 0. The lowest BCUT2D eigenvalue weighted by molar-refractivity contribution is 0.592. The van der Waals surface area contributed by atoms with E-state index < -0.39 is 7.14 Å². The van der Waals surface area contributed by atoms with Crippen molar-refractivity contribution in [1.82, 2.24) is 0 Å². The molecule has 0 saturated carbocycles. The molecule has 0 unspecified atom stereocenters. The summed E-state index contributed by atoms with van der Waals surface area (Å²) in [4.78, 5) is 0. The van der Waals surface area contributed by atoms with Gasteiger partial charge in [-0.25, -0.2) is 0 Å². The normalized spacial score (nSPS) is 11.4. The number of benzene rings is 3. The van der Waals surface area contributed by atoms with Crippen LogP contribution in [0.1, 0.15) is 0 Å². The summed E-state index contributed by atoms with van der Waals surface area (Å²) in [6.45, 7) is 0. The van der Waals surface area contributed by atoms with E-state index in [9.17, 15) is 4.57 Å². The fourth-order valence-electron chi connectivity index (χ4n) is 2.46. The summed E-state index contributed by atoms with van der Waals surface area (Å²) < 4.78 is 15.9. The third kappa shape index (κ3) is 2.74. The summed E-state index contributed by atoms with van der Waals surface area (Å²) in [7, 11) is -2.95. The smallest absolute Gasteiger partial charge is 0.173 e. The van der Waals surface area contributed by atoms with Gasteiger partial charge in [0.2, 0.25) is 0 Å². The zero-order chi connectivity index (χ0) is 15.6. The summed E-state index contributed by atoms with van der Waals surface area (Å²) >= 11 is 7.13. The van der Waals surface area contributed by atoms with Crippen LogP contribution in [-0.2, 0) is 4.57 Å². The molecule has 4 heteroatoms. The van der Waals surface area contributed by atoms with Crippen molar-refractivity contribution in [3.8, 4) is 0 Å². The SMILES string of the molecule is O=P(c1ccccc1)(c1ccccc1Br)c1ccccc1Br. The summed E-state index contributed by atoms with van der Waals surface area (Å²) in [6.07, 6.45) is 0. The van der Waals surface area contributed by atoms with Crippen molar-refractivity contribution < 1.29 is 4.57 Å². The van der Waals surface area contributed by atoms with E-state index in [2.05, 4.69) is 31.9 Å². The van der Waals surface area contributed by atoms with Gasteiger partial charge in [-0.1, -0.05) is 86.5 Å². The Hall–Kier alpha value is -1.15. The van der Waals surface area contributed by atoms with Crippen LogP contribution in [0.5, 0.6) is 0 Å². The molecule has 0 atom stereocenters. The van der Waals surface area contributed by atoms with Gasteiger partial charge in [-0.15, -0.1) is 0 Å². The van der Waals surface area contributed by atoms with Crippen molar-refractivity contribution in [2.75, 3.05) is 0 Å². The molecule has 0 aliphatic carbocycles. The van der Waals surface area contributed by atoms with Crippen LogP contribution in [0.15, 0.2) is 87.8 Å². The summed E-state index contributed by atoms with van der Waals surface area (Å²) in [5.41, 5.74) is 0. The van der Waals surface area contributed by atoms with Gasteiger partial charge < -0.3 is 4.57 Å². The highest BCUT2D eigenvalue weighted by atomic mass is 79.9. The van der Waals surface area contributed by atoms with E-state index in [1.807, 2.05) is 78.9 Å². The van der Waals surface area contributed by atoms with Gasteiger partial charge in [0.1, 0.15) is 0 Å². The molecule has 0 fully saturated rings. The third-order valence-corrected chi connectivity index (χ3v) is 8.66. The highest BCUT2D eigenvalue weighted by Gasteiger charge is 2.32. The standard InChI is InChI=1S/C18H13Br2OP/c19-15-10-4-6-12-17(15)22(21,14-8-2-1-3-9-14)18-13-7-5-11-16(18)20/h1-13H. The van der Waals surface area contributed by atoms with Gasteiger partial charge in [0.15, 0.2) is 7.14 Å². The Bertz CT molecular complexity index is 797. The van der Waals surface area contributed by atoms with Crippen LogP contribution in [-0.4, -0.2) is 0 Å². The van der Waals surface area contributed by atoms with Gasteiger partial charge in [0.25, 0.3) is 0 Å². The summed E-state index contributed by atoms with van der Waals surface area (Å²) in [5, 5.41) is 2.45. The molecule has 3 aromatic rings. The maximum atomic E-state index is 14.2. The van der Waals surface area contributed by atoms with Gasteiger partial charge in [-0.3, -0.25) is 0 Å². The van der Waals surface area contributed by atoms with Crippen LogP contribution in [0.2, 0.25) is 0 Å². The molecule has 0 heterocycles. The van der Waals surface area contributed by atoms with Crippen molar-refractivity contribution in [3.63, 3.8) is 0 Å². The molecule has 0 radical (unpaired) electrons. The fraction of sp³-hybridized carbons (Fsp3) is 0. The van der Waals surface area contributed by atoms with Crippen LogP contribution in [0.4, 0.5) is 0 Å². The molecule has 110 valence electrons. The first-order chi connectivity index (χ1) is 10.6. The second-order valence-electron chi connectivity index (χ2n) is 4.85. The van der Waals surface area contributed by atoms with E-state index in [-0.39, 0.29) is 0 Å². The molecular formula is C18H13Br2OP. The lowest BCUT2D eigenvalue weighted by atomic mass is 10.4. The van der Waals surface area contributed by atoms with Gasteiger partial charge in [0, 0.05) is 24.9 Å². The monoisotopic (exact) mass is 434 g/mol. The number of hydrogen-bond acceptors (Lipinski definition) is 1. The lowest BCUT2D eigenvalue weighted by Gasteiger charge is -2.22. The topological polar surface area (TPSA) is 17.1 Å². The molecule has 3 rings (SSSR count). The number of rotatable bonds is 3. The van der Waals surface area contributed by atoms with Gasteiger partial charge in [-0.05, 0) is 24.3 Å². The van der Waals surface area contributed by atoms with Crippen LogP contribution < -0.4 is 15.9 Å². The van der Waals surface area contributed by atoms with Gasteiger partial charge in [0.05, 0.1) is 0 Å². The molecule has 0 bridgehead atoms. The second kappa shape index (κ2) is 6.54. The molecule has 3 aromatic carbocycles. The Balaban J connectivity index is 2.37. The van der Waals surface area contributed by atoms with Crippen molar-refractivity contribution in [3.05, 3.63) is 87.8 Å². The first kappa shape index (κ1) is 15.7. The summed E-state index contributed by atoms with van der Waals surface area (Å²) in [5.74, 6) is 0. The van der Waals surface area contributed by atoms with E-state index in [0.717, 1.165) is 24.9 Å². The minimum Gasteiger partial charge on any atom is -0.309 e. The maximum Gasteiger partial charge on any atom is 0.173 e. The second-order valence-corrected chi connectivity index (χ2v) is 9.25. The molecule has 0 aliphatic heterocycles. The van der Waals surface area contributed by atoms with E-state index in [1.54, 1.807) is 0 Å². The van der Waals surface area contributed by atoms with Crippen LogP contribution in [0.3, 0.4) is 0 Å². The molecule has 0 amide bonds. The van der Waals surface area contributed by atoms with Crippen molar-refractivity contribution in [2.45, 2.75) is 0 Å². The highest BCUT2D eigenvalue weighted by Crippen LogP contribution is 2.46. The predicted molar refractivity (Wildman–Crippen MR) is 101 cm³/mol. The maximum absolute atomic E-state index is 14.2. The molecule has 0 aliphatic rings. The molecule has 0 spiro atoms. The average Bonchev–Trinajstić information content (AvgIpc) is 2.56. The quantitative estimate of drug-likeness (QED) is 0.537. The fourth-order valence-corrected chi connectivity index (χ4v) is 7.28. The Morgan fingerprint density at radius 1 is 0.591 bits per heavy atom. The summed E-state index contributed by atoms with van der Waals surface area (Å²) in [6, 6.07) is 25.1. The van der Waals surface area contributed by atoms with E-state index in [1.165, 1.54) is 0 Å². The zero-order valence-corrected chi connectivity index (χ0v) is 15.7. The Kier molecular flexibility index (Phi) is 4.67. The van der Waals surface area contributed by atoms with Gasteiger partial charge in [-0.2, -0.15) is 0 Å². The number of halogens is 2. The largest absolute Gasteiger partial charge is 0.309 e. The predicted octanol–water partition coefficient (Wildman–Crippen LogP) is 4.85. The molecular weight excluding hydrogens is 423 g/mol. The van der Waals surface area contributed by atoms with Crippen molar-refractivity contribution in [2.24, 2.45) is 0 Å². The van der Waals surface area contributed by atoms with Crippen molar-refractivity contribution in [1.29, 1.82) is 0 Å². The van der Waals surface area contributed by atoms with Crippen molar-refractivity contribution >= 4 is 54.9 Å². The highest BCUT2D eigenvalue weighted by molar-refractivity contribution is 9.11. The van der Waals surface area contributed by atoms with Crippen LogP contribution in [0.25, 0.3) is 0 Å². The minimum atomic E-state index is -2.95. The molecule has 1 nitrogen and oxygen atoms in total. The zero-order valence-electron chi connectivity index (χ0n) is 11.6. The third-order valence-electron chi connectivity index (χ3n) is 3.50. The van der Waals surface area contributed by atoms with E-state index >= 15 is 0 Å². The minimum absolute atomic E-state index is 0.813. The van der Waals surface area contributed by atoms with Crippen LogP contribution in [0, 0.1) is 0 Å². The Labute approximate surface area is 147 Å². The molecule has 0 saturated heterocycles. The van der Waals surface area contributed by atoms with E-state index in [4.69, 9.17) is 0 Å².